The molecule has 2 aromatic rings. The van der Waals surface area contributed by atoms with Crippen LogP contribution in [0.15, 0.2) is 60.7 Å². The van der Waals surface area contributed by atoms with Crippen molar-refractivity contribution in [2.45, 2.75) is 37.6 Å². The quantitative estimate of drug-likeness (QED) is 0.382. The van der Waals surface area contributed by atoms with E-state index in [1.807, 2.05) is 49.1 Å². The molecule has 2 atom stereocenters. The van der Waals surface area contributed by atoms with Crippen LogP contribution in [-0.4, -0.2) is 18.4 Å². The summed E-state index contributed by atoms with van der Waals surface area (Å²) < 4.78 is 40.5. The summed E-state index contributed by atoms with van der Waals surface area (Å²) in [5.74, 6) is 0. The largest absolute Gasteiger partial charge is 0.417 e. The molecule has 1 aliphatic rings. The Balaban J connectivity index is 1.99. The second-order valence-electron chi connectivity index (χ2n) is 7.26. The zero-order valence-electron chi connectivity index (χ0n) is 16.6. The van der Waals surface area contributed by atoms with Gasteiger partial charge in [-0.3, -0.25) is 4.79 Å². The second kappa shape index (κ2) is 9.45. The average Bonchev–Trinajstić information content (AvgIpc) is 2.74. The lowest BCUT2D eigenvalue weighted by molar-refractivity contribution is -0.137. The molecule has 0 bridgehead atoms. The SMILES string of the molecule is CP(Cc1ccccc1)C(=O)N(c1ccc(C#N)c(C(F)(F)F)c1)C1C=CCCC1. The van der Waals surface area contributed by atoms with Crippen LogP contribution in [0.4, 0.5) is 23.7 Å². The number of nitriles is 1. The number of anilines is 1. The number of alkyl halides is 3. The van der Waals surface area contributed by atoms with Crippen LogP contribution < -0.4 is 4.90 Å². The van der Waals surface area contributed by atoms with Crippen LogP contribution in [0, 0.1) is 11.3 Å². The second-order valence-corrected chi connectivity index (χ2v) is 9.35. The van der Waals surface area contributed by atoms with Gasteiger partial charge in [0.25, 0.3) is 0 Å². The predicted octanol–water partition coefficient (Wildman–Crippen LogP) is 6.92. The fraction of sp³-hybridized carbons (Fsp3) is 0.304. The number of nitrogens with zero attached hydrogens (tertiary/aromatic N) is 2. The summed E-state index contributed by atoms with van der Waals surface area (Å²) >= 11 is 0. The molecule has 1 amide bonds. The monoisotopic (exact) mass is 430 g/mol. The third kappa shape index (κ3) is 5.09. The van der Waals surface area contributed by atoms with Crippen molar-refractivity contribution in [3.05, 3.63) is 77.4 Å². The Labute approximate surface area is 175 Å². The first-order valence-electron chi connectivity index (χ1n) is 9.67. The van der Waals surface area contributed by atoms with Crippen molar-refractivity contribution in [2.75, 3.05) is 11.6 Å². The molecule has 3 nitrogen and oxygen atoms in total. The zero-order chi connectivity index (χ0) is 21.7. The van der Waals surface area contributed by atoms with E-state index in [-0.39, 0.29) is 17.4 Å². The van der Waals surface area contributed by atoms with Gasteiger partial charge in [0.1, 0.15) is 0 Å². The number of hydrogen-bond acceptors (Lipinski definition) is 2. The number of halogens is 3. The van der Waals surface area contributed by atoms with Crippen LogP contribution in [0.25, 0.3) is 0 Å². The maximum absolute atomic E-state index is 13.5. The van der Waals surface area contributed by atoms with Gasteiger partial charge in [-0.2, -0.15) is 18.4 Å². The Hall–Kier alpha value is -2.64. The lowest BCUT2D eigenvalue weighted by atomic mass is 10.00. The van der Waals surface area contributed by atoms with E-state index in [1.165, 1.54) is 11.0 Å². The fourth-order valence-corrected chi connectivity index (χ4v) is 5.10. The lowest BCUT2D eigenvalue weighted by Crippen LogP contribution is -2.38. The smallest absolute Gasteiger partial charge is 0.302 e. The highest BCUT2D eigenvalue weighted by atomic mass is 31.1. The molecule has 3 rings (SSSR count). The van der Waals surface area contributed by atoms with Crippen LogP contribution in [0.3, 0.4) is 0 Å². The van der Waals surface area contributed by atoms with E-state index in [9.17, 15) is 18.0 Å². The van der Waals surface area contributed by atoms with Gasteiger partial charge in [-0.05, 0) is 57.6 Å². The molecule has 2 aromatic carbocycles. The van der Waals surface area contributed by atoms with Crippen molar-refractivity contribution in [3.63, 3.8) is 0 Å². The number of hydrogen-bond donors (Lipinski definition) is 0. The molecule has 0 saturated carbocycles. The normalized spacial score (nSPS) is 17.2. The molecule has 0 N–H and O–H groups in total. The molecular formula is C23H22F3N2OP. The van der Waals surface area contributed by atoms with Crippen molar-refractivity contribution in [1.29, 1.82) is 5.26 Å². The van der Waals surface area contributed by atoms with Gasteiger partial charge in [-0.15, -0.1) is 0 Å². The lowest BCUT2D eigenvalue weighted by Gasteiger charge is -2.34. The van der Waals surface area contributed by atoms with Gasteiger partial charge in [-0.25, -0.2) is 0 Å². The topological polar surface area (TPSA) is 44.1 Å². The summed E-state index contributed by atoms with van der Waals surface area (Å²) in [5, 5.41) is 9.08. The molecular weight excluding hydrogens is 408 g/mol. The summed E-state index contributed by atoms with van der Waals surface area (Å²) in [6, 6.07) is 14.4. The molecule has 0 heterocycles. The van der Waals surface area contributed by atoms with Gasteiger partial charge in [0.05, 0.1) is 23.2 Å². The Morgan fingerprint density at radius 3 is 2.57 bits per heavy atom. The highest BCUT2D eigenvalue weighted by Gasteiger charge is 2.36. The van der Waals surface area contributed by atoms with Crippen LogP contribution >= 0.6 is 7.92 Å². The minimum Gasteiger partial charge on any atom is -0.302 e. The van der Waals surface area contributed by atoms with E-state index >= 15 is 0 Å². The maximum Gasteiger partial charge on any atom is 0.417 e. The van der Waals surface area contributed by atoms with Crippen LogP contribution in [0.5, 0.6) is 0 Å². The third-order valence-electron chi connectivity index (χ3n) is 5.06. The summed E-state index contributed by atoms with van der Waals surface area (Å²) in [6.07, 6.45) is 2.22. The van der Waals surface area contributed by atoms with E-state index in [0.717, 1.165) is 30.5 Å². The standard InChI is InChI=1S/C23H22F3N2OP/c1-30(16-17-8-4-2-5-9-17)22(29)28(19-10-6-3-7-11-19)20-13-12-18(15-27)21(14-20)23(24,25)26/h2,4-6,8-10,12-14,19H,3,7,11,16H2,1H3. The van der Waals surface area contributed by atoms with E-state index in [0.29, 0.717) is 12.6 Å². The van der Waals surface area contributed by atoms with E-state index in [1.54, 1.807) is 6.07 Å². The molecule has 0 saturated heterocycles. The molecule has 0 aromatic heterocycles. The average molecular weight is 430 g/mol. The summed E-state index contributed by atoms with van der Waals surface area (Å²) in [5.41, 5.74) is -0.410. The summed E-state index contributed by atoms with van der Waals surface area (Å²) in [4.78, 5) is 14.9. The first kappa shape index (κ1) is 22.1. The molecule has 0 aliphatic heterocycles. The van der Waals surface area contributed by atoms with Crippen molar-refractivity contribution in [2.24, 2.45) is 0 Å². The fourth-order valence-electron chi connectivity index (χ4n) is 3.58. The Kier molecular flexibility index (Phi) is 6.95. The summed E-state index contributed by atoms with van der Waals surface area (Å²) in [7, 11) is -1.15. The Morgan fingerprint density at radius 2 is 1.97 bits per heavy atom. The molecule has 0 fully saturated rings. The molecule has 2 unspecified atom stereocenters. The van der Waals surface area contributed by atoms with E-state index in [4.69, 9.17) is 5.26 Å². The van der Waals surface area contributed by atoms with Gasteiger partial charge >= 0.3 is 6.18 Å². The van der Waals surface area contributed by atoms with Gasteiger partial charge in [-0.1, -0.05) is 42.5 Å². The molecule has 156 valence electrons. The minimum atomic E-state index is -4.67. The van der Waals surface area contributed by atoms with E-state index < -0.39 is 25.2 Å². The molecule has 30 heavy (non-hydrogen) atoms. The molecule has 1 aliphatic carbocycles. The van der Waals surface area contributed by atoms with Gasteiger partial charge in [0.15, 0.2) is 0 Å². The number of rotatable bonds is 5. The first-order valence-corrected chi connectivity index (χ1v) is 11.6. The van der Waals surface area contributed by atoms with Crippen molar-refractivity contribution in [3.8, 4) is 6.07 Å². The molecule has 0 spiro atoms. The van der Waals surface area contributed by atoms with Gasteiger partial charge < -0.3 is 4.90 Å². The zero-order valence-corrected chi connectivity index (χ0v) is 17.5. The Bertz CT molecular complexity index is 967. The van der Waals surface area contributed by atoms with Gasteiger partial charge in [0.2, 0.25) is 5.65 Å². The molecule has 0 radical (unpaired) electrons. The number of amides is 1. The number of carbonyl (C=O) groups excluding carboxylic acids is 1. The maximum atomic E-state index is 13.5. The van der Waals surface area contributed by atoms with Crippen molar-refractivity contribution >= 4 is 19.3 Å². The Morgan fingerprint density at radius 1 is 1.23 bits per heavy atom. The van der Waals surface area contributed by atoms with Crippen LogP contribution in [-0.2, 0) is 12.3 Å². The number of allylic oxidation sites excluding steroid dienone is 1. The highest BCUT2D eigenvalue weighted by Crippen LogP contribution is 2.43. The number of carbonyl (C=O) groups is 1. The van der Waals surface area contributed by atoms with E-state index in [2.05, 4.69) is 0 Å². The predicted molar refractivity (Wildman–Crippen MR) is 114 cm³/mol. The van der Waals surface area contributed by atoms with Crippen LogP contribution in [0.1, 0.15) is 36.0 Å². The van der Waals surface area contributed by atoms with Crippen LogP contribution in [0.2, 0.25) is 0 Å². The van der Waals surface area contributed by atoms with Crippen molar-refractivity contribution < 1.29 is 18.0 Å². The first-order chi connectivity index (χ1) is 14.3. The molecule has 7 heteroatoms. The van der Waals surface area contributed by atoms with Gasteiger partial charge in [0, 0.05) is 11.8 Å². The number of benzene rings is 2. The summed E-state index contributed by atoms with van der Waals surface area (Å²) in [6.45, 7) is 1.86. The minimum absolute atomic E-state index is 0.164. The third-order valence-corrected chi connectivity index (χ3v) is 6.77. The highest BCUT2D eigenvalue weighted by molar-refractivity contribution is 7.73. The van der Waals surface area contributed by atoms with Crippen molar-refractivity contribution in [1.82, 2.24) is 0 Å².